The Labute approximate surface area is 125 Å². The summed E-state index contributed by atoms with van der Waals surface area (Å²) in [6, 6.07) is 9.00. The van der Waals surface area contributed by atoms with Crippen molar-refractivity contribution in [2.75, 3.05) is 25.5 Å². The van der Waals surface area contributed by atoms with Crippen LogP contribution < -0.4 is 10.1 Å². The van der Waals surface area contributed by atoms with Crippen LogP contribution in [0.15, 0.2) is 24.3 Å². The molecule has 1 amide bonds. The van der Waals surface area contributed by atoms with E-state index in [1.165, 1.54) is 6.42 Å². The van der Waals surface area contributed by atoms with E-state index in [1.807, 2.05) is 29.2 Å². The van der Waals surface area contributed by atoms with Gasteiger partial charge in [-0.1, -0.05) is 6.07 Å². The molecule has 0 radical (unpaired) electrons. The Morgan fingerprint density at radius 1 is 1.43 bits per heavy atom. The van der Waals surface area contributed by atoms with Crippen molar-refractivity contribution in [3.05, 3.63) is 24.3 Å². The van der Waals surface area contributed by atoms with Crippen LogP contribution >= 0.6 is 0 Å². The van der Waals surface area contributed by atoms with Gasteiger partial charge in [-0.3, -0.25) is 4.79 Å². The number of rotatable bonds is 5. The fourth-order valence-corrected chi connectivity index (χ4v) is 2.49. The van der Waals surface area contributed by atoms with Crippen LogP contribution in [-0.4, -0.2) is 37.0 Å². The Morgan fingerprint density at radius 2 is 2.19 bits per heavy atom. The van der Waals surface area contributed by atoms with Gasteiger partial charge in [-0.2, -0.15) is 5.26 Å². The van der Waals surface area contributed by atoms with Crippen LogP contribution in [0.4, 0.5) is 5.69 Å². The molecule has 112 valence electrons. The zero-order valence-electron chi connectivity index (χ0n) is 12.3. The van der Waals surface area contributed by atoms with Crippen molar-refractivity contribution in [2.45, 2.75) is 31.7 Å². The van der Waals surface area contributed by atoms with E-state index in [2.05, 4.69) is 11.4 Å². The van der Waals surface area contributed by atoms with E-state index in [4.69, 9.17) is 4.74 Å². The van der Waals surface area contributed by atoms with Crippen LogP contribution in [0.2, 0.25) is 0 Å². The van der Waals surface area contributed by atoms with Gasteiger partial charge in [-0.15, -0.1) is 0 Å². The van der Waals surface area contributed by atoms with Gasteiger partial charge < -0.3 is 15.0 Å². The molecule has 0 aliphatic carbocycles. The summed E-state index contributed by atoms with van der Waals surface area (Å²) in [6.45, 7) is 1.63. The minimum absolute atomic E-state index is 0.0525. The summed E-state index contributed by atoms with van der Waals surface area (Å²) in [4.78, 5) is 14.1. The maximum atomic E-state index is 12.2. The number of nitriles is 1. The third kappa shape index (κ3) is 4.38. The molecule has 0 spiro atoms. The number of hydrogen-bond acceptors (Lipinski definition) is 4. The third-order valence-corrected chi connectivity index (χ3v) is 3.65. The largest absolute Gasteiger partial charge is 0.497 e. The van der Waals surface area contributed by atoms with Gasteiger partial charge >= 0.3 is 0 Å². The molecule has 1 atom stereocenters. The van der Waals surface area contributed by atoms with Gasteiger partial charge in [0.15, 0.2) is 0 Å². The summed E-state index contributed by atoms with van der Waals surface area (Å²) in [5, 5.41) is 12.3. The zero-order valence-corrected chi connectivity index (χ0v) is 12.3. The molecule has 1 fully saturated rings. The highest BCUT2D eigenvalue weighted by Crippen LogP contribution is 2.18. The van der Waals surface area contributed by atoms with Gasteiger partial charge in [0.2, 0.25) is 5.91 Å². The van der Waals surface area contributed by atoms with Crippen LogP contribution in [-0.2, 0) is 4.79 Å². The molecule has 1 unspecified atom stereocenters. The number of nitrogens with one attached hydrogen (secondary N) is 1. The Kier molecular flexibility index (Phi) is 5.44. The number of carbonyl (C=O) groups is 1. The number of likely N-dealkylation sites (tertiary alicyclic amines) is 1. The molecule has 0 aromatic heterocycles. The number of anilines is 1. The van der Waals surface area contributed by atoms with Crippen LogP contribution in [0, 0.1) is 11.3 Å². The fraction of sp³-hybridized carbons (Fsp3) is 0.500. The molecule has 1 aromatic rings. The van der Waals surface area contributed by atoms with Crippen molar-refractivity contribution in [2.24, 2.45) is 0 Å². The van der Waals surface area contributed by atoms with E-state index in [0.29, 0.717) is 0 Å². The first-order valence-electron chi connectivity index (χ1n) is 7.31. The minimum Gasteiger partial charge on any atom is -0.497 e. The molecule has 0 saturated carbocycles. The van der Waals surface area contributed by atoms with Gasteiger partial charge in [0.25, 0.3) is 0 Å². The first kappa shape index (κ1) is 15.2. The number of amides is 1. The highest BCUT2D eigenvalue weighted by atomic mass is 16.5. The average molecular weight is 287 g/mol. The van der Waals surface area contributed by atoms with Crippen molar-refractivity contribution < 1.29 is 9.53 Å². The standard InChI is InChI=1S/C16H21N3O2/c1-21-15-7-5-6-13(10-15)18-14(12-17)11-16(20)19-8-3-2-4-9-19/h5-7,10,14,18H,2-4,8-9,11H2,1H3. The third-order valence-electron chi connectivity index (χ3n) is 3.65. The molecule has 1 N–H and O–H groups in total. The normalized spacial score (nSPS) is 15.9. The topological polar surface area (TPSA) is 65.4 Å². The number of piperidine rings is 1. The van der Waals surface area contributed by atoms with Gasteiger partial charge in [-0.25, -0.2) is 0 Å². The first-order chi connectivity index (χ1) is 10.2. The van der Waals surface area contributed by atoms with Crippen molar-refractivity contribution >= 4 is 11.6 Å². The number of methoxy groups -OCH3 is 1. The molecular formula is C16H21N3O2. The first-order valence-corrected chi connectivity index (χ1v) is 7.31. The smallest absolute Gasteiger partial charge is 0.225 e. The summed E-state index contributed by atoms with van der Waals surface area (Å²) in [5.74, 6) is 0.774. The van der Waals surface area contributed by atoms with Crippen molar-refractivity contribution in [3.8, 4) is 11.8 Å². The summed E-state index contributed by atoms with van der Waals surface area (Å²) in [6.07, 6.45) is 3.51. The summed E-state index contributed by atoms with van der Waals surface area (Å²) < 4.78 is 5.15. The lowest BCUT2D eigenvalue weighted by Crippen LogP contribution is -2.38. The van der Waals surface area contributed by atoms with Crippen LogP contribution in [0.1, 0.15) is 25.7 Å². The molecule has 5 nitrogen and oxygen atoms in total. The Hall–Kier alpha value is -2.22. The van der Waals surface area contributed by atoms with Gasteiger partial charge in [0, 0.05) is 24.8 Å². The Balaban J connectivity index is 1.93. The number of hydrogen-bond donors (Lipinski definition) is 1. The predicted octanol–water partition coefficient (Wildman–Crippen LogP) is 2.40. The number of nitrogens with zero attached hydrogens (tertiary/aromatic N) is 2. The molecule has 2 rings (SSSR count). The molecule has 1 aliphatic heterocycles. The van der Waals surface area contributed by atoms with Crippen molar-refractivity contribution in [3.63, 3.8) is 0 Å². The van der Waals surface area contributed by atoms with Crippen LogP contribution in [0.5, 0.6) is 5.75 Å². The molecule has 1 heterocycles. The van der Waals surface area contributed by atoms with E-state index >= 15 is 0 Å². The van der Waals surface area contributed by atoms with E-state index in [0.717, 1.165) is 37.4 Å². The lowest BCUT2D eigenvalue weighted by atomic mass is 10.1. The van der Waals surface area contributed by atoms with Gasteiger partial charge in [0.1, 0.15) is 11.8 Å². The minimum atomic E-state index is -0.522. The zero-order chi connectivity index (χ0) is 15.1. The maximum Gasteiger partial charge on any atom is 0.225 e. The number of carbonyl (C=O) groups excluding carboxylic acids is 1. The monoisotopic (exact) mass is 287 g/mol. The quantitative estimate of drug-likeness (QED) is 0.903. The Morgan fingerprint density at radius 3 is 2.86 bits per heavy atom. The Bertz CT molecular complexity index is 518. The summed E-state index contributed by atoms with van der Waals surface area (Å²) in [7, 11) is 1.60. The van der Waals surface area contributed by atoms with Gasteiger partial charge in [0.05, 0.1) is 19.6 Å². The second kappa shape index (κ2) is 7.53. The SMILES string of the molecule is COc1cccc(NC(C#N)CC(=O)N2CCCCC2)c1. The van der Waals surface area contributed by atoms with E-state index in [9.17, 15) is 10.1 Å². The molecule has 1 aliphatic rings. The second-order valence-electron chi connectivity index (χ2n) is 5.20. The highest BCUT2D eigenvalue weighted by molar-refractivity contribution is 5.78. The highest BCUT2D eigenvalue weighted by Gasteiger charge is 2.20. The van der Waals surface area contributed by atoms with Crippen molar-refractivity contribution in [1.82, 2.24) is 4.90 Å². The van der Waals surface area contributed by atoms with E-state index in [-0.39, 0.29) is 12.3 Å². The number of benzene rings is 1. The van der Waals surface area contributed by atoms with E-state index < -0.39 is 6.04 Å². The van der Waals surface area contributed by atoms with Crippen LogP contribution in [0.25, 0.3) is 0 Å². The lowest BCUT2D eigenvalue weighted by Gasteiger charge is -2.27. The molecular weight excluding hydrogens is 266 g/mol. The average Bonchev–Trinajstić information content (AvgIpc) is 2.55. The maximum absolute atomic E-state index is 12.2. The van der Waals surface area contributed by atoms with Crippen LogP contribution in [0.3, 0.4) is 0 Å². The summed E-state index contributed by atoms with van der Waals surface area (Å²) >= 11 is 0. The molecule has 1 saturated heterocycles. The fourth-order valence-electron chi connectivity index (χ4n) is 2.49. The van der Waals surface area contributed by atoms with Crippen molar-refractivity contribution in [1.29, 1.82) is 5.26 Å². The lowest BCUT2D eigenvalue weighted by molar-refractivity contribution is -0.132. The summed E-state index contributed by atoms with van der Waals surface area (Å²) in [5.41, 5.74) is 0.785. The second-order valence-corrected chi connectivity index (χ2v) is 5.20. The molecule has 1 aromatic carbocycles. The predicted molar refractivity (Wildman–Crippen MR) is 81.1 cm³/mol. The van der Waals surface area contributed by atoms with E-state index in [1.54, 1.807) is 7.11 Å². The molecule has 0 bridgehead atoms. The number of ether oxygens (including phenoxy) is 1. The van der Waals surface area contributed by atoms with Gasteiger partial charge in [-0.05, 0) is 31.4 Å². The molecule has 5 heteroatoms. The molecule has 21 heavy (non-hydrogen) atoms.